The lowest BCUT2D eigenvalue weighted by Crippen LogP contribution is -2.58. The first-order chi connectivity index (χ1) is 7.18. The zero-order valence-corrected chi connectivity index (χ0v) is 13.2. The minimum Gasteiger partial charge on any atom is -0.394 e. The lowest BCUT2D eigenvalue weighted by Gasteiger charge is -2.41. The Morgan fingerprint density at radius 2 is 1.31 bits per heavy atom. The van der Waals surface area contributed by atoms with E-state index in [0.29, 0.717) is 0 Å². The van der Waals surface area contributed by atoms with Crippen molar-refractivity contribution in [2.75, 3.05) is 19.7 Å². The predicted octanol–water partition coefficient (Wildman–Crippen LogP) is 1.95. The van der Waals surface area contributed by atoms with Crippen molar-refractivity contribution in [3.05, 3.63) is 0 Å². The maximum atomic E-state index is 6.07. The molecule has 0 aromatic heterocycles. The van der Waals surface area contributed by atoms with Crippen LogP contribution in [0.15, 0.2) is 0 Å². The molecule has 0 N–H and O–H groups in total. The third-order valence-electron chi connectivity index (χ3n) is 3.15. The highest BCUT2D eigenvalue weighted by Crippen LogP contribution is 2.27. The molecule has 0 bridgehead atoms. The van der Waals surface area contributed by atoms with Crippen LogP contribution < -0.4 is 0 Å². The number of nitrogens with zero attached hydrogens (tertiary/aromatic N) is 2. The Balaban J connectivity index is 2.85. The van der Waals surface area contributed by atoms with Gasteiger partial charge in [0.05, 0.1) is 0 Å². The summed E-state index contributed by atoms with van der Waals surface area (Å²) >= 11 is 0. The Hall–Kier alpha value is 0.0969. The fourth-order valence-electron chi connectivity index (χ4n) is 2.27. The molecule has 0 amide bonds. The van der Waals surface area contributed by atoms with Gasteiger partial charge in [-0.05, 0) is 48.5 Å². The Kier molecular flexibility index (Phi) is 4.22. The zero-order chi connectivity index (χ0) is 12.6. The SMILES string of the molecule is CCO[SiH]1N(C(C)(C)C)CCN1C(C)(C)C. The van der Waals surface area contributed by atoms with Crippen LogP contribution in [-0.2, 0) is 4.43 Å². The Morgan fingerprint density at radius 3 is 1.56 bits per heavy atom. The first-order valence-corrected chi connectivity index (χ1v) is 7.83. The Labute approximate surface area is 103 Å². The van der Waals surface area contributed by atoms with E-state index in [1.165, 1.54) is 0 Å². The third-order valence-corrected chi connectivity index (χ3v) is 6.92. The van der Waals surface area contributed by atoms with Crippen molar-refractivity contribution in [3.63, 3.8) is 0 Å². The summed E-state index contributed by atoms with van der Waals surface area (Å²) in [6.07, 6.45) is 0. The molecular formula is C12H28N2OSi. The minimum absolute atomic E-state index is 0.228. The third kappa shape index (κ3) is 3.06. The topological polar surface area (TPSA) is 15.7 Å². The van der Waals surface area contributed by atoms with E-state index >= 15 is 0 Å². The van der Waals surface area contributed by atoms with Gasteiger partial charge in [0.1, 0.15) is 0 Å². The highest BCUT2D eigenvalue weighted by molar-refractivity contribution is 6.46. The van der Waals surface area contributed by atoms with Crippen LogP contribution in [0.2, 0.25) is 0 Å². The van der Waals surface area contributed by atoms with Gasteiger partial charge in [0.2, 0.25) is 0 Å². The van der Waals surface area contributed by atoms with Crippen molar-refractivity contribution in [2.24, 2.45) is 0 Å². The van der Waals surface area contributed by atoms with Crippen LogP contribution >= 0.6 is 0 Å². The summed E-state index contributed by atoms with van der Waals surface area (Å²) in [4.78, 5) is 0. The van der Waals surface area contributed by atoms with Crippen molar-refractivity contribution in [2.45, 2.75) is 59.5 Å². The molecule has 0 unspecified atom stereocenters. The highest BCUT2D eigenvalue weighted by Gasteiger charge is 2.44. The smallest absolute Gasteiger partial charge is 0.341 e. The standard InChI is InChI=1S/C12H28N2OSi/c1-8-15-16-13(11(2,3)4)9-10-14(16)12(5,6)7/h16H,8-10H2,1-7H3. The quantitative estimate of drug-likeness (QED) is 0.691. The van der Waals surface area contributed by atoms with E-state index in [1.807, 2.05) is 0 Å². The van der Waals surface area contributed by atoms with Gasteiger partial charge >= 0.3 is 9.36 Å². The molecule has 4 heteroatoms. The molecule has 0 saturated carbocycles. The van der Waals surface area contributed by atoms with Gasteiger partial charge in [-0.25, -0.2) is 0 Å². The number of hydrogen-bond acceptors (Lipinski definition) is 3. The first kappa shape index (κ1) is 14.2. The van der Waals surface area contributed by atoms with Gasteiger partial charge in [0, 0.05) is 30.8 Å². The maximum Gasteiger partial charge on any atom is 0.341 e. The molecule has 1 rings (SSSR count). The lowest BCUT2D eigenvalue weighted by atomic mass is 10.1. The summed E-state index contributed by atoms with van der Waals surface area (Å²) in [5.41, 5.74) is 0.456. The molecule has 0 atom stereocenters. The summed E-state index contributed by atoms with van der Waals surface area (Å²) in [5.74, 6) is 0. The number of hydrogen-bond donors (Lipinski definition) is 0. The second-order valence-corrected chi connectivity index (χ2v) is 8.74. The largest absolute Gasteiger partial charge is 0.394 e. The van der Waals surface area contributed by atoms with Gasteiger partial charge in [-0.1, -0.05) is 0 Å². The maximum absolute atomic E-state index is 6.07. The highest BCUT2D eigenvalue weighted by atomic mass is 28.3. The van der Waals surface area contributed by atoms with Crippen molar-refractivity contribution in [3.8, 4) is 0 Å². The Morgan fingerprint density at radius 1 is 0.938 bits per heavy atom. The summed E-state index contributed by atoms with van der Waals surface area (Å²) in [5, 5.41) is 0. The van der Waals surface area contributed by atoms with Crippen molar-refractivity contribution in [1.82, 2.24) is 9.13 Å². The molecule has 0 spiro atoms. The van der Waals surface area contributed by atoms with E-state index in [2.05, 4.69) is 57.6 Å². The van der Waals surface area contributed by atoms with E-state index in [9.17, 15) is 0 Å². The lowest BCUT2D eigenvalue weighted by molar-refractivity contribution is 0.175. The van der Waals surface area contributed by atoms with Crippen LogP contribution in [0.25, 0.3) is 0 Å². The predicted molar refractivity (Wildman–Crippen MR) is 71.7 cm³/mol. The van der Waals surface area contributed by atoms with E-state index in [0.717, 1.165) is 19.7 Å². The van der Waals surface area contributed by atoms with Gasteiger partial charge in [0.25, 0.3) is 0 Å². The second kappa shape index (κ2) is 4.76. The molecule has 16 heavy (non-hydrogen) atoms. The van der Waals surface area contributed by atoms with Crippen molar-refractivity contribution < 1.29 is 4.43 Å². The van der Waals surface area contributed by atoms with Gasteiger partial charge < -0.3 is 4.43 Å². The molecule has 0 aromatic carbocycles. The van der Waals surface area contributed by atoms with Gasteiger partial charge in [-0.3, -0.25) is 9.13 Å². The fraction of sp³-hybridized carbons (Fsp3) is 1.00. The van der Waals surface area contributed by atoms with E-state index in [1.54, 1.807) is 0 Å². The van der Waals surface area contributed by atoms with Crippen LogP contribution in [0.3, 0.4) is 0 Å². The van der Waals surface area contributed by atoms with Crippen LogP contribution in [0.4, 0.5) is 0 Å². The van der Waals surface area contributed by atoms with Gasteiger partial charge in [0.15, 0.2) is 0 Å². The molecule has 1 saturated heterocycles. The molecule has 0 radical (unpaired) electrons. The fourth-order valence-corrected chi connectivity index (χ4v) is 5.26. The molecule has 1 heterocycles. The van der Waals surface area contributed by atoms with Crippen molar-refractivity contribution in [1.29, 1.82) is 0 Å². The molecule has 96 valence electrons. The minimum atomic E-state index is -1.39. The molecule has 0 aliphatic carbocycles. The summed E-state index contributed by atoms with van der Waals surface area (Å²) in [7, 11) is -1.39. The van der Waals surface area contributed by atoms with Gasteiger partial charge in [-0.2, -0.15) is 0 Å². The molecule has 1 fully saturated rings. The van der Waals surface area contributed by atoms with Crippen LogP contribution in [0.5, 0.6) is 0 Å². The molecule has 0 aromatic rings. The summed E-state index contributed by atoms with van der Waals surface area (Å²) in [6, 6.07) is 0. The molecule has 3 nitrogen and oxygen atoms in total. The summed E-state index contributed by atoms with van der Waals surface area (Å²) in [6.45, 7) is 19.0. The molecule has 1 aliphatic heterocycles. The zero-order valence-electron chi connectivity index (χ0n) is 12.0. The van der Waals surface area contributed by atoms with Crippen LogP contribution in [0, 0.1) is 0 Å². The average molecular weight is 244 g/mol. The normalized spacial score (nSPS) is 21.9. The number of rotatable bonds is 2. The van der Waals surface area contributed by atoms with Crippen LogP contribution in [-0.4, -0.2) is 49.3 Å². The van der Waals surface area contributed by atoms with Crippen LogP contribution in [0.1, 0.15) is 48.5 Å². The van der Waals surface area contributed by atoms with E-state index in [4.69, 9.17) is 4.43 Å². The molecular weight excluding hydrogens is 216 g/mol. The van der Waals surface area contributed by atoms with E-state index in [-0.39, 0.29) is 11.1 Å². The second-order valence-electron chi connectivity index (χ2n) is 6.51. The van der Waals surface area contributed by atoms with Crippen molar-refractivity contribution >= 4 is 9.36 Å². The van der Waals surface area contributed by atoms with Gasteiger partial charge in [-0.15, -0.1) is 0 Å². The first-order valence-electron chi connectivity index (χ1n) is 6.33. The average Bonchev–Trinajstić information content (AvgIpc) is 2.46. The molecule has 1 aliphatic rings. The summed E-state index contributed by atoms with van der Waals surface area (Å²) < 4.78 is 11.2. The van der Waals surface area contributed by atoms with E-state index < -0.39 is 9.36 Å². The Bertz CT molecular complexity index is 210. The monoisotopic (exact) mass is 244 g/mol.